The lowest BCUT2D eigenvalue weighted by molar-refractivity contribution is -0.152. The largest absolute Gasteiger partial charge is 0.461 e. The first-order chi connectivity index (χ1) is 6.61. The Morgan fingerprint density at radius 3 is 3.00 bits per heavy atom. The van der Waals surface area contributed by atoms with Crippen molar-refractivity contribution in [2.45, 2.75) is 19.8 Å². The molecule has 0 aliphatic carbocycles. The third kappa shape index (κ3) is 2.87. The minimum atomic E-state index is -0.622. The van der Waals surface area contributed by atoms with Gasteiger partial charge in [0.15, 0.2) is 0 Å². The van der Waals surface area contributed by atoms with Gasteiger partial charge in [-0.15, -0.1) is 0 Å². The molecule has 1 unspecified atom stereocenters. The summed E-state index contributed by atoms with van der Waals surface area (Å²) < 4.78 is 4.91. The fraction of sp³-hybridized carbons (Fsp3) is 0.600. The highest BCUT2D eigenvalue weighted by atomic mass is 16.5. The third-order valence-electron chi connectivity index (χ3n) is 2.03. The van der Waals surface area contributed by atoms with Crippen LogP contribution < -0.4 is 5.32 Å². The first-order valence-corrected chi connectivity index (χ1v) is 4.70. The number of ether oxygens (including phenoxy) is 1. The lowest BCUT2D eigenvalue weighted by Crippen LogP contribution is -2.41. The maximum absolute atomic E-state index is 11.4. The van der Waals surface area contributed by atoms with Crippen molar-refractivity contribution in [2.24, 2.45) is 5.92 Å². The molecule has 1 heterocycles. The van der Waals surface area contributed by atoms with Gasteiger partial charge >= 0.3 is 5.97 Å². The molecule has 0 aromatic carbocycles. The van der Waals surface area contributed by atoms with E-state index in [4.69, 9.17) is 4.74 Å². The number of esters is 1. The maximum atomic E-state index is 11.4. The molecule has 0 radical (unpaired) electrons. The van der Waals surface area contributed by atoms with Crippen LogP contribution in [0.25, 0.3) is 0 Å². The van der Waals surface area contributed by atoms with Crippen molar-refractivity contribution in [1.82, 2.24) is 5.32 Å². The van der Waals surface area contributed by atoms with Gasteiger partial charge in [0.25, 0.3) is 0 Å². The van der Waals surface area contributed by atoms with Crippen LogP contribution in [-0.2, 0) is 14.3 Å². The predicted octanol–water partition coefficient (Wildman–Crippen LogP) is 0.632. The van der Waals surface area contributed by atoms with Crippen LogP contribution in [0.15, 0.2) is 12.2 Å². The molecule has 0 spiro atoms. The summed E-state index contributed by atoms with van der Waals surface area (Å²) in [5, 5.41) is 2.64. The highest BCUT2D eigenvalue weighted by Gasteiger charge is 2.30. The molecule has 4 nitrogen and oxygen atoms in total. The zero-order valence-corrected chi connectivity index (χ0v) is 8.34. The molecular formula is C10H15NO3. The predicted molar refractivity (Wildman–Crippen MR) is 51.5 cm³/mol. The summed E-state index contributed by atoms with van der Waals surface area (Å²) in [7, 11) is 0. The second kappa shape index (κ2) is 4.79. The van der Waals surface area contributed by atoms with Crippen molar-refractivity contribution in [3.8, 4) is 0 Å². The molecule has 1 N–H and O–H groups in total. The van der Waals surface area contributed by atoms with Gasteiger partial charge in [-0.1, -0.05) is 6.58 Å². The van der Waals surface area contributed by atoms with Crippen molar-refractivity contribution in [3.05, 3.63) is 12.2 Å². The Bertz CT molecular complexity index is 260. The number of piperidine rings is 1. The van der Waals surface area contributed by atoms with Gasteiger partial charge in [0.05, 0.1) is 0 Å². The number of hydrogen-bond donors (Lipinski definition) is 1. The summed E-state index contributed by atoms with van der Waals surface area (Å²) in [5.74, 6) is -1.28. The van der Waals surface area contributed by atoms with Crippen LogP contribution in [0.4, 0.5) is 0 Å². The Morgan fingerprint density at radius 2 is 2.43 bits per heavy atom. The van der Waals surface area contributed by atoms with Gasteiger partial charge in [0.1, 0.15) is 12.5 Å². The van der Waals surface area contributed by atoms with Crippen LogP contribution >= 0.6 is 0 Å². The van der Waals surface area contributed by atoms with Crippen LogP contribution in [-0.4, -0.2) is 25.0 Å². The highest BCUT2D eigenvalue weighted by Crippen LogP contribution is 2.13. The molecule has 1 rings (SSSR count). The average Bonchev–Trinajstić information content (AvgIpc) is 2.15. The van der Waals surface area contributed by atoms with E-state index in [9.17, 15) is 9.59 Å². The quantitative estimate of drug-likeness (QED) is 0.410. The molecule has 1 amide bonds. The van der Waals surface area contributed by atoms with Crippen LogP contribution in [0.3, 0.4) is 0 Å². The summed E-state index contributed by atoms with van der Waals surface area (Å²) in [4.78, 5) is 22.6. The monoisotopic (exact) mass is 197 g/mol. The fourth-order valence-electron chi connectivity index (χ4n) is 1.29. The van der Waals surface area contributed by atoms with E-state index >= 15 is 0 Å². The topological polar surface area (TPSA) is 55.4 Å². The zero-order chi connectivity index (χ0) is 10.6. The number of carbonyl (C=O) groups excluding carboxylic acids is 2. The first-order valence-electron chi connectivity index (χ1n) is 4.70. The van der Waals surface area contributed by atoms with E-state index < -0.39 is 11.9 Å². The Balaban J connectivity index is 2.42. The summed E-state index contributed by atoms with van der Waals surface area (Å²) >= 11 is 0. The molecule has 1 aliphatic rings. The minimum absolute atomic E-state index is 0.197. The number of nitrogens with one attached hydrogen (secondary N) is 1. The number of rotatable bonds is 3. The standard InChI is InChI=1S/C10H15NO3/c1-7(2)6-14-10(13)8-4-3-5-11-9(8)12/h8H,1,3-6H2,2H3,(H,11,12). The van der Waals surface area contributed by atoms with Crippen molar-refractivity contribution < 1.29 is 14.3 Å². The van der Waals surface area contributed by atoms with Gasteiger partial charge in [-0.3, -0.25) is 9.59 Å². The highest BCUT2D eigenvalue weighted by molar-refractivity contribution is 5.98. The van der Waals surface area contributed by atoms with Crippen molar-refractivity contribution in [3.63, 3.8) is 0 Å². The van der Waals surface area contributed by atoms with Gasteiger partial charge in [-0.05, 0) is 25.3 Å². The van der Waals surface area contributed by atoms with Crippen LogP contribution in [0, 0.1) is 5.92 Å². The van der Waals surface area contributed by atoms with Crippen molar-refractivity contribution in [1.29, 1.82) is 0 Å². The Morgan fingerprint density at radius 1 is 1.71 bits per heavy atom. The number of carbonyl (C=O) groups is 2. The molecule has 4 heteroatoms. The molecule has 0 aromatic rings. The average molecular weight is 197 g/mol. The summed E-state index contributed by atoms with van der Waals surface area (Å²) in [6, 6.07) is 0. The van der Waals surface area contributed by atoms with E-state index in [1.807, 2.05) is 0 Å². The van der Waals surface area contributed by atoms with E-state index in [0.717, 1.165) is 12.0 Å². The molecule has 78 valence electrons. The normalized spacial score (nSPS) is 21.2. The fourth-order valence-corrected chi connectivity index (χ4v) is 1.29. The zero-order valence-electron chi connectivity index (χ0n) is 8.34. The second-order valence-corrected chi connectivity index (χ2v) is 3.55. The number of amides is 1. The van der Waals surface area contributed by atoms with E-state index in [2.05, 4.69) is 11.9 Å². The van der Waals surface area contributed by atoms with Crippen LogP contribution in [0.2, 0.25) is 0 Å². The van der Waals surface area contributed by atoms with E-state index in [1.54, 1.807) is 6.92 Å². The molecule has 1 saturated heterocycles. The summed E-state index contributed by atoms with van der Waals surface area (Å²) in [6.45, 7) is 6.24. The van der Waals surface area contributed by atoms with Crippen LogP contribution in [0.1, 0.15) is 19.8 Å². The lowest BCUT2D eigenvalue weighted by Gasteiger charge is -2.20. The van der Waals surface area contributed by atoms with Gasteiger partial charge in [-0.2, -0.15) is 0 Å². The summed E-state index contributed by atoms with van der Waals surface area (Å²) in [6.07, 6.45) is 1.42. The third-order valence-corrected chi connectivity index (χ3v) is 2.03. The first kappa shape index (κ1) is 10.8. The maximum Gasteiger partial charge on any atom is 0.318 e. The molecule has 0 aromatic heterocycles. The minimum Gasteiger partial charge on any atom is -0.461 e. The number of hydrogen-bond acceptors (Lipinski definition) is 3. The smallest absolute Gasteiger partial charge is 0.318 e. The molecule has 1 atom stereocenters. The molecule has 1 aliphatic heterocycles. The summed E-state index contributed by atoms with van der Waals surface area (Å²) in [5.41, 5.74) is 0.773. The van der Waals surface area contributed by atoms with Gasteiger partial charge < -0.3 is 10.1 Å². The van der Waals surface area contributed by atoms with E-state index in [1.165, 1.54) is 0 Å². The van der Waals surface area contributed by atoms with E-state index in [-0.39, 0.29) is 12.5 Å². The molecule has 0 bridgehead atoms. The van der Waals surface area contributed by atoms with Crippen molar-refractivity contribution in [2.75, 3.05) is 13.2 Å². The van der Waals surface area contributed by atoms with Gasteiger partial charge in [0.2, 0.25) is 5.91 Å². The molecule has 1 fully saturated rings. The molecule has 14 heavy (non-hydrogen) atoms. The van der Waals surface area contributed by atoms with Crippen LogP contribution in [0.5, 0.6) is 0 Å². The molecule has 0 saturated carbocycles. The van der Waals surface area contributed by atoms with E-state index in [0.29, 0.717) is 13.0 Å². The Kier molecular flexibility index (Phi) is 3.68. The Hall–Kier alpha value is -1.32. The SMILES string of the molecule is C=C(C)COC(=O)C1CCCNC1=O. The van der Waals surface area contributed by atoms with Gasteiger partial charge in [0, 0.05) is 6.54 Å². The second-order valence-electron chi connectivity index (χ2n) is 3.55. The van der Waals surface area contributed by atoms with Crippen molar-refractivity contribution >= 4 is 11.9 Å². The van der Waals surface area contributed by atoms with Gasteiger partial charge in [-0.25, -0.2) is 0 Å². The Labute approximate surface area is 83.3 Å². The lowest BCUT2D eigenvalue weighted by atomic mass is 9.99. The molecular weight excluding hydrogens is 182 g/mol.